The second kappa shape index (κ2) is 6.81. The fourth-order valence-electron chi connectivity index (χ4n) is 2.25. The Labute approximate surface area is 113 Å². The lowest BCUT2D eigenvalue weighted by atomic mass is 10.2. The maximum absolute atomic E-state index is 11.8. The number of nitrogens with one attached hydrogen (secondary N) is 1. The summed E-state index contributed by atoms with van der Waals surface area (Å²) in [5.41, 5.74) is 6.70. The number of thioether (sulfide) groups is 1. The summed E-state index contributed by atoms with van der Waals surface area (Å²) in [5.74, 6) is 0.634. The Morgan fingerprint density at radius 3 is 2.89 bits per heavy atom. The van der Waals surface area contributed by atoms with Crippen molar-refractivity contribution in [1.29, 1.82) is 0 Å². The standard InChI is InChI=1S/C14H20N2OS/c15-9-11-4-3-7-13(8-11)18-10-14(17)16-12-5-1-2-6-12/h3-4,7-8,12H,1-2,5-6,9-10,15H2,(H,16,17). The fraction of sp³-hybridized carbons (Fsp3) is 0.500. The smallest absolute Gasteiger partial charge is 0.230 e. The van der Waals surface area contributed by atoms with Crippen LogP contribution in [0.2, 0.25) is 0 Å². The predicted octanol–water partition coefficient (Wildman–Crippen LogP) is 2.30. The van der Waals surface area contributed by atoms with Gasteiger partial charge in [0.25, 0.3) is 0 Å². The van der Waals surface area contributed by atoms with Crippen molar-refractivity contribution < 1.29 is 4.79 Å². The number of nitrogens with two attached hydrogens (primary N) is 1. The second-order valence-electron chi connectivity index (χ2n) is 4.69. The van der Waals surface area contributed by atoms with E-state index in [1.807, 2.05) is 24.3 Å². The van der Waals surface area contributed by atoms with Gasteiger partial charge in [-0.25, -0.2) is 0 Å². The van der Waals surface area contributed by atoms with Gasteiger partial charge in [0.15, 0.2) is 0 Å². The Bertz CT molecular complexity index is 403. The molecule has 98 valence electrons. The lowest BCUT2D eigenvalue weighted by molar-refractivity contribution is -0.119. The second-order valence-corrected chi connectivity index (χ2v) is 5.74. The van der Waals surface area contributed by atoms with Crippen molar-refractivity contribution in [3.8, 4) is 0 Å². The third kappa shape index (κ3) is 4.03. The van der Waals surface area contributed by atoms with Crippen molar-refractivity contribution in [3.63, 3.8) is 0 Å². The molecule has 0 radical (unpaired) electrons. The van der Waals surface area contributed by atoms with Crippen molar-refractivity contribution in [3.05, 3.63) is 29.8 Å². The molecule has 0 atom stereocenters. The van der Waals surface area contributed by atoms with Crippen molar-refractivity contribution in [2.75, 3.05) is 5.75 Å². The SMILES string of the molecule is NCc1cccc(SCC(=O)NC2CCCC2)c1. The number of rotatable bonds is 5. The first-order valence-electron chi connectivity index (χ1n) is 6.49. The van der Waals surface area contributed by atoms with E-state index in [0.29, 0.717) is 18.3 Å². The summed E-state index contributed by atoms with van der Waals surface area (Å²) in [4.78, 5) is 12.9. The molecule has 0 bridgehead atoms. The van der Waals surface area contributed by atoms with Gasteiger partial charge in [-0.3, -0.25) is 4.79 Å². The molecule has 4 heteroatoms. The minimum absolute atomic E-state index is 0.144. The predicted molar refractivity (Wildman–Crippen MR) is 75.5 cm³/mol. The summed E-state index contributed by atoms with van der Waals surface area (Å²) in [6.45, 7) is 0.544. The highest BCUT2D eigenvalue weighted by atomic mass is 32.2. The number of amides is 1. The number of carbonyl (C=O) groups is 1. The largest absolute Gasteiger partial charge is 0.353 e. The maximum atomic E-state index is 11.8. The fourth-order valence-corrected chi connectivity index (χ4v) is 3.04. The molecule has 1 aliphatic rings. The summed E-state index contributed by atoms with van der Waals surface area (Å²) < 4.78 is 0. The number of benzene rings is 1. The van der Waals surface area contributed by atoms with Crippen LogP contribution in [0.5, 0.6) is 0 Å². The highest BCUT2D eigenvalue weighted by Gasteiger charge is 2.16. The van der Waals surface area contributed by atoms with Crippen LogP contribution in [-0.4, -0.2) is 17.7 Å². The molecule has 18 heavy (non-hydrogen) atoms. The van der Waals surface area contributed by atoms with E-state index in [1.54, 1.807) is 11.8 Å². The first kappa shape index (κ1) is 13.4. The van der Waals surface area contributed by atoms with Crippen molar-refractivity contribution in [2.45, 2.75) is 43.2 Å². The topological polar surface area (TPSA) is 55.1 Å². The summed E-state index contributed by atoms with van der Waals surface area (Å²) in [5, 5.41) is 3.09. The van der Waals surface area contributed by atoms with E-state index in [2.05, 4.69) is 5.32 Å². The zero-order valence-electron chi connectivity index (χ0n) is 10.5. The highest BCUT2D eigenvalue weighted by Crippen LogP contribution is 2.20. The first-order valence-corrected chi connectivity index (χ1v) is 7.47. The van der Waals surface area contributed by atoms with Crippen LogP contribution in [0.15, 0.2) is 29.2 Å². The monoisotopic (exact) mass is 264 g/mol. The zero-order valence-corrected chi connectivity index (χ0v) is 11.3. The van der Waals surface area contributed by atoms with Gasteiger partial charge < -0.3 is 11.1 Å². The van der Waals surface area contributed by atoms with E-state index >= 15 is 0 Å². The molecule has 1 amide bonds. The van der Waals surface area contributed by atoms with E-state index in [4.69, 9.17) is 5.73 Å². The molecule has 0 saturated heterocycles. The Hall–Kier alpha value is -1.00. The molecule has 1 fully saturated rings. The average molecular weight is 264 g/mol. The van der Waals surface area contributed by atoms with E-state index in [9.17, 15) is 4.79 Å². The minimum Gasteiger partial charge on any atom is -0.353 e. The lowest BCUT2D eigenvalue weighted by Gasteiger charge is -2.11. The van der Waals surface area contributed by atoms with Crippen LogP contribution in [0.1, 0.15) is 31.2 Å². The maximum Gasteiger partial charge on any atom is 0.230 e. The molecule has 0 heterocycles. The van der Waals surface area contributed by atoms with Gasteiger partial charge in [-0.05, 0) is 30.5 Å². The Balaban J connectivity index is 1.77. The van der Waals surface area contributed by atoms with Gasteiger partial charge in [0.2, 0.25) is 5.91 Å². The Morgan fingerprint density at radius 1 is 1.39 bits per heavy atom. The van der Waals surface area contributed by atoms with Gasteiger partial charge in [0, 0.05) is 17.5 Å². The van der Waals surface area contributed by atoms with E-state index in [0.717, 1.165) is 23.3 Å². The molecule has 0 unspecified atom stereocenters. The van der Waals surface area contributed by atoms with Gasteiger partial charge in [-0.1, -0.05) is 25.0 Å². The Morgan fingerprint density at radius 2 is 2.17 bits per heavy atom. The average Bonchev–Trinajstić information content (AvgIpc) is 2.89. The third-order valence-electron chi connectivity index (χ3n) is 3.22. The number of hydrogen-bond acceptors (Lipinski definition) is 3. The molecule has 0 aliphatic heterocycles. The summed E-state index contributed by atoms with van der Waals surface area (Å²) >= 11 is 1.57. The van der Waals surface area contributed by atoms with Gasteiger partial charge in [0.1, 0.15) is 0 Å². The molecule has 0 spiro atoms. The van der Waals surface area contributed by atoms with Gasteiger partial charge in [-0.15, -0.1) is 11.8 Å². The third-order valence-corrected chi connectivity index (χ3v) is 4.22. The molecule has 1 aliphatic carbocycles. The molecular formula is C14H20N2OS. The van der Waals surface area contributed by atoms with Crippen LogP contribution in [-0.2, 0) is 11.3 Å². The van der Waals surface area contributed by atoms with Gasteiger partial charge in [-0.2, -0.15) is 0 Å². The molecule has 1 aromatic rings. The highest BCUT2D eigenvalue weighted by molar-refractivity contribution is 8.00. The zero-order chi connectivity index (χ0) is 12.8. The minimum atomic E-state index is 0.144. The summed E-state index contributed by atoms with van der Waals surface area (Å²) in [6, 6.07) is 8.47. The summed E-state index contributed by atoms with van der Waals surface area (Å²) in [6.07, 6.45) is 4.77. The van der Waals surface area contributed by atoms with Crippen LogP contribution in [0.3, 0.4) is 0 Å². The van der Waals surface area contributed by atoms with Crippen LogP contribution in [0, 0.1) is 0 Å². The van der Waals surface area contributed by atoms with Crippen molar-refractivity contribution >= 4 is 17.7 Å². The molecule has 0 aromatic heterocycles. The van der Waals surface area contributed by atoms with Gasteiger partial charge >= 0.3 is 0 Å². The van der Waals surface area contributed by atoms with Crippen LogP contribution in [0.4, 0.5) is 0 Å². The first-order chi connectivity index (χ1) is 8.78. The number of hydrogen-bond donors (Lipinski definition) is 2. The van der Waals surface area contributed by atoms with Gasteiger partial charge in [0.05, 0.1) is 5.75 Å². The molecular weight excluding hydrogens is 244 g/mol. The van der Waals surface area contributed by atoms with Crippen molar-refractivity contribution in [1.82, 2.24) is 5.32 Å². The van der Waals surface area contributed by atoms with E-state index in [-0.39, 0.29) is 5.91 Å². The normalized spacial score (nSPS) is 15.8. The molecule has 1 aromatic carbocycles. The quantitative estimate of drug-likeness (QED) is 0.802. The lowest BCUT2D eigenvalue weighted by Crippen LogP contribution is -2.33. The van der Waals surface area contributed by atoms with Crippen LogP contribution < -0.4 is 11.1 Å². The van der Waals surface area contributed by atoms with E-state index < -0.39 is 0 Å². The molecule has 1 saturated carbocycles. The van der Waals surface area contributed by atoms with Crippen LogP contribution in [0.25, 0.3) is 0 Å². The summed E-state index contributed by atoms with van der Waals surface area (Å²) in [7, 11) is 0. The molecule has 3 nitrogen and oxygen atoms in total. The molecule has 3 N–H and O–H groups in total. The van der Waals surface area contributed by atoms with Crippen LogP contribution >= 0.6 is 11.8 Å². The van der Waals surface area contributed by atoms with E-state index in [1.165, 1.54) is 12.8 Å². The van der Waals surface area contributed by atoms with Crippen molar-refractivity contribution in [2.24, 2.45) is 5.73 Å². The Kier molecular flexibility index (Phi) is 5.08. The molecule has 2 rings (SSSR count). The number of carbonyl (C=O) groups excluding carboxylic acids is 1.